The number of benzene rings is 2. The topological polar surface area (TPSA) is 117 Å². The van der Waals surface area contributed by atoms with Crippen LogP contribution in [0.5, 0.6) is 0 Å². The minimum Gasteiger partial charge on any atom is -0.350 e. The van der Waals surface area contributed by atoms with E-state index in [1.165, 1.54) is 17.1 Å². The largest absolute Gasteiger partial charge is 0.350 e. The fourth-order valence-electron chi connectivity index (χ4n) is 7.94. The maximum atomic E-state index is 14.6. The summed E-state index contributed by atoms with van der Waals surface area (Å²) in [5.41, 5.74) is 2.10. The van der Waals surface area contributed by atoms with Gasteiger partial charge in [-0.25, -0.2) is 19.4 Å². The third-order valence-electron chi connectivity index (χ3n) is 10.8. The summed E-state index contributed by atoms with van der Waals surface area (Å²) in [7, 11) is 0. The van der Waals surface area contributed by atoms with Crippen molar-refractivity contribution >= 4 is 40.1 Å². The number of aryl methyl sites for hydroxylation is 1. The van der Waals surface area contributed by atoms with Crippen LogP contribution in [0.25, 0.3) is 22.4 Å². The zero-order chi connectivity index (χ0) is 33.7. The summed E-state index contributed by atoms with van der Waals surface area (Å²) >= 11 is 5.95. The second-order valence-electron chi connectivity index (χ2n) is 14.1. The molecule has 4 fully saturated rings. The van der Waals surface area contributed by atoms with Gasteiger partial charge in [0.1, 0.15) is 11.5 Å². The highest BCUT2D eigenvalue weighted by Gasteiger charge is 2.56. The van der Waals surface area contributed by atoms with Crippen LogP contribution in [0.2, 0.25) is 5.02 Å². The SMILES string of the molecule is C[C@@H]1C(/N=C(/Nc2ccc3c(=O)n(CCc4ccc(Cl)cc4F)c(-c4cnccn4)nc3c2)N2CC(=O)N[C@@H](C)C2)C[C@H]2C[C@@H]1C2(C)C. The van der Waals surface area contributed by atoms with E-state index in [9.17, 15) is 14.0 Å². The molecule has 1 aliphatic heterocycles. The monoisotopic (exact) mass is 670 g/mol. The second-order valence-corrected chi connectivity index (χ2v) is 14.6. The standard InChI is InChI=1S/C36H40ClFN8O2/c1-20-18-45(19-32(47)41-20)35(44-29-14-23-13-27(21(29)2)36(23,3)4)42-25-7-8-26-30(16-25)43-33(31-17-39-10-11-40-31)46(34(26)48)12-9-22-5-6-24(37)15-28(22)38/h5-8,10-11,15-17,20-21,23,27,29H,9,12-14,18-19H2,1-4H3,(H,41,47)(H,42,44)/t20-,21-,23+,27-,29?/m0/s1. The number of aliphatic imine (C=N–C) groups is 1. The number of halogens is 2. The number of carbonyl (C=O) groups excluding carboxylic acids is 1. The Bertz CT molecular complexity index is 1970. The number of aromatic nitrogens is 4. The van der Waals surface area contributed by atoms with E-state index in [1.54, 1.807) is 36.8 Å². The molecule has 2 aromatic heterocycles. The van der Waals surface area contributed by atoms with Crippen LogP contribution in [0.3, 0.4) is 0 Å². The number of nitrogens with one attached hydrogen (secondary N) is 2. The Morgan fingerprint density at radius 1 is 1.15 bits per heavy atom. The van der Waals surface area contributed by atoms with E-state index in [0.717, 1.165) is 6.42 Å². The van der Waals surface area contributed by atoms with Crippen molar-refractivity contribution in [2.24, 2.45) is 28.2 Å². The first-order chi connectivity index (χ1) is 23.0. The lowest BCUT2D eigenvalue weighted by molar-refractivity contribution is -0.124. The van der Waals surface area contributed by atoms with E-state index in [-0.39, 0.29) is 43.1 Å². The Morgan fingerprint density at radius 3 is 2.69 bits per heavy atom. The van der Waals surface area contributed by atoms with E-state index in [0.29, 0.717) is 74.4 Å². The smallest absolute Gasteiger partial charge is 0.261 e. The molecule has 0 radical (unpaired) electrons. The second kappa shape index (κ2) is 12.6. The van der Waals surface area contributed by atoms with E-state index in [4.69, 9.17) is 21.6 Å². The minimum absolute atomic E-state index is 0.0259. The van der Waals surface area contributed by atoms with E-state index >= 15 is 0 Å². The summed E-state index contributed by atoms with van der Waals surface area (Å²) in [6.07, 6.45) is 7.18. The molecule has 250 valence electrons. The highest BCUT2D eigenvalue weighted by atomic mass is 35.5. The summed E-state index contributed by atoms with van der Waals surface area (Å²) < 4.78 is 16.1. The molecular formula is C36H40ClFN8O2. The molecular weight excluding hydrogens is 631 g/mol. The van der Waals surface area contributed by atoms with Crippen molar-refractivity contribution in [3.63, 3.8) is 0 Å². The molecule has 12 heteroatoms. The minimum atomic E-state index is -0.428. The van der Waals surface area contributed by atoms with Crippen LogP contribution in [-0.2, 0) is 17.8 Å². The molecule has 3 saturated carbocycles. The van der Waals surface area contributed by atoms with Crippen molar-refractivity contribution in [3.05, 3.63) is 81.7 Å². The van der Waals surface area contributed by atoms with Gasteiger partial charge in [0.25, 0.3) is 5.56 Å². The number of anilines is 1. The molecule has 2 N–H and O–H groups in total. The van der Waals surface area contributed by atoms with Crippen LogP contribution < -0.4 is 16.2 Å². The molecule has 10 nitrogen and oxygen atoms in total. The summed E-state index contributed by atoms with van der Waals surface area (Å²) in [6, 6.07) is 10.1. The summed E-state index contributed by atoms with van der Waals surface area (Å²) in [5, 5.41) is 7.24. The van der Waals surface area contributed by atoms with Crippen LogP contribution in [0.4, 0.5) is 10.1 Å². The average Bonchev–Trinajstić information content (AvgIpc) is 3.05. The number of hydrogen-bond acceptors (Lipinski definition) is 6. The first kappa shape index (κ1) is 32.2. The van der Waals surface area contributed by atoms with Crippen LogP contribution in [-0.4, -0.2) is 61.5 Å². The first-order valence-electron chi connectivity index (χ1n) is 16.6. The fraction of sp³-hybridized carbons (Fsp3) is 0.444. The van der Waals surface area contributed by atoms with Gasteiger partial charge in [0.2, 0.25) is 5.91 Å². The Hall–Kier alpha value is -4.38. The third kappa shape index (κ3) is 6.04. The molecule has 5 atom stereocenters. The maximum absolute atomic E-state index is 14.6. The van der Waals surface area contributed by atoms with Gasteiger partial charge in [-0.2, -0.15) is 0 Å². The summed E-state index contributed by atoms with van der Waals surface area (Å²) in [4.78, 5) is 47.4. The molecule has 1 unspecified atom stereocenters. The zero-order valence-electron chi connectivity index (χ0n) is 27.6. The highest BCUT2D eigenvalue weighted by Crippen LogP contribution is 2.61. The normalized spacial score (nSPS) is 25.0. The Labute approximate surface area is 283 Å². The lowest BCUT2D eigenvalue weighted by Gasteiger charge is -2.61. The van der Waals surface area contributed by atoms with Crippen molar-refractivity contribution < 1.29 is 9.18 Å². The number of fused-ring (bicyclic) bond motifs is 3. The number of guanidine groups is 1. The number of amides is 1. The molecule has 3 aliphatic carbocycles. The average molecular weight is 671 g/mol. The predicted molar refractivity (Wildman–Crippen MR) is 185 cm³/mol. The highest BCUT2D eigenvalue weighted by molar-refractivity contribution is 6.30. The van der Waals surface area contributed by atoms with Crippen LogP contribution in [0.1, 0.15) is 46.1 Å². The van der Waals surface area contributed by atoms with Gasteiger partial charge in [-0.15, -0.1) is 0 Å². The number of nitrogens with zero attached hydrogens (tertiary/aromatic N) is 6. The Kier molecular flexibility index (Phi) is 8.43. The molecule has 4 aromatic rings. The van der Waals surface area contributed by atoms with Gasteiger partial charge in [-0.05, 0) is 85.3 Å². The molecule has 4 aliphatic rings. The molecule has 1 amide bonds. The van der Waals surface area contributed by atoms with Crippen molar-refractivity contribution in [3.8, 4) is 11.5 Å². The number of rotatable bonds is 6. The predicted octanol–water partition coefficient (Wildman–Crippen LogP) is 5.55. The van der Waals surface area contributed by atoms with Crippen LogP contribution in [0, 0.1) is 29.0 Å². The summed E-state index contributed by atoms with van der Waals surface area (Å²) in [5.74, 6) is 2.20. The maximum Gasteiger partial charge on any atom is 0.261 e. The number of hydrogen-bond donors (Lipinski definition) is 2. The summed E-state index contributed by atoms with van der Waals surface area (Å²) in [6.45, 7) is 10.0. The Morgan fingerprint density at radius 2 is 1.98 bits per heavy atom. The van der Waals surface area contributed by atoms with Crippen molar-refractivity contribution in [2.75, 3.05) is 18.4 Å². The van der Waals surface area contributed by atoms with E-state index < -0.39 is 5.82 Å². The lowest BCUT2D eigenvalue weighted by Crippen LogP contribution is -2.58. The van der Waals surface area contributed by atoms with Gasteiger partial charge >= 0.3 is 0 Å². The molecule has 8 rings (SSSR count). The number of carbonyl (C=O) groups is 1. The quantitative estimate of drug-likeness (QED) is 0.204. The zero-order valence-corrected chi connectivity index (χ0v) is 28.3. The van der Waals surface area contributed by atoms with Gasteiger partial charge < -0.3 is 15.5 Å². The molecule has 48 heavy (non-hydrogen) atoms. The van der Waals surface area contributed by atoms with Crippen molar-refractivity contribution in [1.29, 1.82) is 0 Å². The lowest BCUT2D eigenvalue weighted by atomic mass is 9.45. The molecule has 1 saturated heterocycles. The fourth-order valence-corrected chi connectivity index (χ4v) is 8.10. The van der Waals surface area contributed by atoms with E-state index in [1.807, 2.05) is 24.0 Å². The van der Waals surface area contributed by atoms with Gasteiger partial charge in [0.15, 0.2) is 11.8 Å². The molecule has 0 spiro atoms. The van der Waals surface area contributed by atoms with Crippen molar-refractivity contribution in [2.45, 2.75) is 65.6 Å². The van der Waals surface area contributed by atoms with Crippen molar-refractivity contribution in [1.82, 2.24) is 29.7 Å². The van der Waals surface area contributed by atoms with Crippen LogP contribution in [0.15, 0.2) is 64.8 Å². The van der Waals surface area contributed by atoms with Gasteiger partial charge in [0, 0.05) is 42.2 Å². The van der Waals surface area contributed by atoms with Crippen LogP contribution >= 0.6 is 11.6 Å². The van der Waals surface area contributed by atoms with E-state index in [2.05, 4.69) is 41.4 Å². The first-order valence-corrected chi connectivity index (χ1v) is 17.0. The number of piperazine rings is 1. The Balaban J connectivity index is 1.24. The third-order valence-corrected chi connectivity index (χ3v) is 11.0. The van der Waals surface area contributed by atoms with Gasteiger partial charge in [0.05, 0.1) is 29.7 Å². The van der Waals surface area contributed by atoms with Gasteiger partial charge in [-0.3, -0.25) is 19.1 Å². The molecule has 2 aromatic carbocycles. The van der Waals surface area contributed by atoms with Gasteiger partial charge in [-0.1, -0.05) is 38.4 Å². The molecule has 2 bridgehead atoms. The molecule has 3 heterocycles.